The second-order valence-corrected chi connectivity index (χ2v) is 14.9. The van der Waals surface area contributed by atoms with Crippen molar-refractivity contribution in [3.05, 3.63) is 151 Å². The van der Waals surface area contributed by atoms with Crippen LogP contribution < -0.4 is 0 Å². The van der Waals surface area contributed by atoms with E-state index in [1.807, 2.05) is 60.0 Å². The van der Waals surface area contributed by atoms with Crippen molar-refractivity contribution in [1.82, 2.24) is 14.4 Å². The molecule has 1 radical (unpaired) electrons. The first-order chi connectivity index (χ1) is 23.9. The van der Waals surface area contributed by atoms with Crippen LogP contribution in [0.4, 0.5) is 0 Å². The van der Waals surface area contributed by atoms with Gasteiger partial charge in [-0.1, -0.05) is 92.4 Å². The number of pyridine rings is 2. The van der Waals surface area contributed by atoms with Crippen molar-refractivity contribution in [1.29, 1.82) is 0 Å². The standard InChI is InChI=1S/C34H25N2S.C11H8N.Ir/c1-34(2,3)19-20-15-16-35-27(17-20)21-11-13-28-26(18-21)23-8-6-9-25-31-29(36(28)32(23)25)14-12-24-22-7-4-5-10-30(22)37-33(24)31;1-2-6-10(7-3-1)11-8-4-5-9-12-11;/h4-10,12-18H,19H2,1-3H3;1-6,8-9H;/q2*-1;. The maximum Gasteiger partial charge on any atom is 0.0517 e. The third-order valence-electron chi connectivity index (χ3n) is 9.24. The number of benzene rings is 5. The number of hydrogen-bond donors (Lipinski definition) is 0. The van der Waals surface area contributed by atoms with Gasteiger partial charge in [0.25, 0.3) is 0 Å². The Balaban J connectivity index is 0.000000236. The molecule has 3 nitrogen and oxygen atoms in total. The van der Waals surface area contributed by atoms with Crippen molar-refractivity contribution in [3.63, 3.8) is 0 Å². The van der Waals surface area contributed by atoms with Crippen molar-refractivity contribution in [2.45, 2.75) is 27.2 Å². The van der Waals surface area contributed by atoms with Gasteiger partial charge in [-0.25, -0.2) is 0 Å². The van der Waals surface area contributed by atoms with Crippen LogP contribution in [-0.4, -0.2) is 14.4 Å². The third-order valence-corrected chi connectivity index (χ3v) is 10.4. The zero-order valence-corrected chi connectivity index (χ0v) is 31.2. The summed E-state index contributed by atoms with van der Waals surface area (Å²) >= 11 is 1.91. The first-order valence-electron chi connectivity index (χ1n) is 16.7. The van der Waals surface area contributed by atoms with Gasteiger partial charge >= 0.3 is 0 Å². The summed E-state index contributed by atoms with van der Waals surface area (Å²) in [4.78, 5) is 8.94. The van der Waals surface area contributed by atoms with E-state index in [0.717, 1.165) is 28.9 Å². The summed E-state index contributed by atoms with van der Waals surface area (Å²) in [6.07, 6.45) is 4.75. The van der Waals surface area contributed by atoms with Crippen LogP contribution in [0.5, 0.6) is 0 Å². The molecule has 0 aliphatic heterocycles. The Morgan fingerprint density at radius 2 is 1.44 bits per heavy atom. The van der Waals surface area contributed by atoms with Gasteiger partial charge in [0.05, 0.1) is 5.52 Å². The minimum Gasteiger partial charge on any atom is -0.350 e. The van der Waals surface area contributed by atoms with Crippen LogP contribution in [0, 0.1) is 17.5 Å². The van der Waals surface area contributed by atoms with Gasteiger partial charge in [0.1, 0.15) is 0 Å². The number of aromatic nitrogens is 3. The molecule has 0 atom stereocenters. The van der Waals surface area contributed by atoms with Gasteiger partial charge in [-0.15, -0.1) is 71.0 Å². The summed E-state index contributed by atoms with van der Waals surface area (Å²) in [6.45, 7) is 6.84. The molecule has 0 saturated carbocycles. The molecule has 5 aromatic carbocycles. The molecule has 245 valence electrons. The van der Waals surface area contributed by atoms with Gasteiger partial charge in [0.2, 0.25) is 0 Å². The maximum atomic E-state index is 4.72. The van der Waals surface area contributed by atoms with E-state index in [2.05, 4.69) is 121 Å². The number of rotatable bonds is 3. The van der Waals surface area contributed by atoms with Gasteiger partial charge in [0.15, 0.2) is 0 Å². The minimum absolute atomic E-state index is 0. The normalized spacial score (nSPS) is 11.8. The Morgan fingerprint density at radius 3 is 2.26 bits per heavy atom. The summed E-state index contributed by atoms with van der Waals surface area (Å²) < 4.78 is 5.17. The van der Waals surface area contributed by atoms with E-state index < -0.39 is 0 Å². The molecule has 10 rings (SSSR count). The summed E-state index contributed by atoms with van der Waals surface area (Å²) in [6, 6.07) is 49.3. The average molecular weight is 840 g/mol. The van der Waals surface area contributed by atoms with Crippen LogP contribution in [-0.2, 0) is 26.5 Å². The Kier molecular flexibility index (Phi) is 8.23. The van der Waals surface area contributed by atoms with E-state index in [4.69, 9.17) is 4.98 Å². The second kappa shape index (κ2) is 12.8. The molecule has 50 heavy (non-hydrogen) atoms. The van der Waals surface area contributed by atoms with Gasteiger partial charge < -0.3 is 14.4 Å². The van der Waals surface area contributed by atoms with Crippen molar-refractivity contribution in [2.24, 2.45) is 5.41 Å². The summed E-state index contributed by atoms with van der Waals surface area (Å²) in [5.74, 6) is 0. The van der Waals surface area contributed by atoms with Gasteiger partial charge in [-0.2, -0.15) is 0 Å². The maximum absolute atomic E-state index is 4.72. The molecule has 0 amide bonds. The molecule has 0 fully saturated rings. The predicted octanol–water partition coefficient (Wildman–Crippen LogP) is 12.2. The van der Waals surface area contributed by atoms with Gasteiger partial charge in [0, 0.05) is 69.0 Å². The zero-order valence-electron chi connectivity index (χ0n) is 28.0. The molecular weight excluding hydrogens is 807 g/mol. The van der Waals surface area contributed by atoms with E-state index in [1.54, 1.807) is 6.20 Å². The fraction of sp³-hybridized carbons (Fsp3) is 0.111. The van der Waals surface area contributed by atoms with E-state index in [-0.39, 0.29) is 25.5 Å². The molecule has 0 N–H and O–H groups in total. The third kappa shape index (κ3) is 5.56. The zero-order chi connectivity index (χ0) is 33.1. The molecule has 0 bridgehead atoms. The second-order valence-electron chi connectivity index (χ2n) is 13.9. The molecule has 5 heteroatoms. The number of para-hydroxylation sites is 1. The number of fused-ring (bicyclic) bond motifs is 10. The van der Waals surface area contributed by atoms with E-state index in [9.17, 15) is 0 Å². The first-order valence-corrected chi connectivity index (χ1v) is 17.5. The molecular formula is C45H33IrN3S-2. The van der Waals surface area contributed by atoms with Crippen LogP contribution in [0.25, 0.3) is 80.8 Å². The average Bonchev–Trinajstić information content (AvgIpc) is 3.79. The predicted molar refractivity (Wildman–Crippen MR) is 208 cm³/mol. The fourth-order valence-corrected chi connectivity index (χ4v) is 8.51. The SMILES string of the molecule is CC(C)(C)Cc1ccnc(-c2[c-]cc3c(c2)c2cccc4c5c6sc7ccccc7c6ccc5n3c24)c1.[Ir].[c-]1ccccc1-c1ccccn1. The molecule has 0 spiro atoms. The van der Waals surface area contributed by atoms with Gasteiger partial charge in [-0.05, 0) is 58.4 Å². The smallest absolute Gasteiger partial charge is 0.0517 e. The molecule has 0 saturated heterocycles. The van der Waals surface area contributed by atoms with E-state index in [0.29, 0.717) is 0 Å². The molecule has 5 heterocycles. The minimum atomic E-state index is 0. The van der Waals surface area contributed by atoms with E-state index in [1.165, 1.54) is 63.8 Å². The first kappa shape index (κ1) is 32.3. The van der Waals surface area contributed by atoms with Crippen LogP contribution in [0.15, 0.2) is 134 Å². The molecule has 0 aliphatic carbocycles. The van der Waals surface area contributed by atoms with Crippen LogP contribution in [0.2, 0.25) is 0 Å². The van der Waals surface area contributed by atoms with E-state index >= 15 is 0 Å². The number of nitrogens with zero attached hydrogens (tertiary/aromatic N) is 3. The quantitative estimate of drug-likeness (QED) is 0.166. The largest absolute Gasteiger partial charge is 0.350 e. The summed E-state index contributed by atoms with van der Waals surface area (Å²) in [5, 5.41) is 7.93. The fourth-order valence-electron chi connectivity index (χ4n) is 7.25. The Morgan fingerprint density at radius 1 is 0.640 bits per heavy atom. The van der Waals surface area contributed by atoms with Gasteiger partial charge in [-0.3, -0.25) is 0 Å². The molecule has 0 aliphatic rings. The Hall–Kier alpha value is -4.93. The number of thiophene rings is 1. The molecule has 5 aromatic heterocycles. The summed E-state index contributed by atoms with van der Waals surface area (Å²) in [7, 11) is 0. The topological polar surface area (TPSA) is 30.2 Å². The van der Waals surface area contributed by atoms with Crippen LogP contribution >= 0.6 is 11.3 Å². The monoisotopic (exact) mass is 840 g/mol. The van der Waals surface area contributed by atoms with Crippen LogP contribution in [0.1, 0.15) is 26.3 Å². The Labute approximate surface area is 308 Å². The van der Waals surface area contributed by atoms with Crippen molar-refractivity contribution < 1.29 is 20.1 Å². The summed E-state index contributed by atoms with van der Waals surface area (Å²) in [5.41, 5.74) is 9.38. The number of hydrogen-bond acceptors (Lipinski definition) is 3. The Bertz CT molecular complexity index is 2740. The van der Waals surface area contributed by atoms with Crippen molar-refractivity contribution >= 4 is 69.6 Å². The van der Waals surface area contributed by atoms with Crippen molar-refractivity contribution in [2.75, 3.05) is 0 Å². The van der Waals surface area contributed by atoms with Crippen LogP contribution in [0.3, 0.4) is 0 Å². The van der Waals surface area contributed by atoms with Crippen molar-refractivity contribution in [3.8, 4) is 22.5 Å². The molecule has 10 aromatic rings. The molecule has 0 unspecified atom stereocenters.